The van der Waals surface area contributed by atoms with Crippen LogP contribution in [0.15, 0.2) is 0 Å². The van der Waals surface area contributed by atoms with Gasteiger partial charge in [-0.25, -0.2) is 4.98 Å². The zero-order chi connectivity index (χ0) is 16.5. The molecule has 0 N–H and O–H groups in total. The maximum atomic E-state index is 11.5. The van der Waals surface area contributed by atoms with Gasteiger partial charge in [0.05, 0.1) is 11.5 Å². The quantitative estimate of drug-likeness (QED) is 0.486. The number of aromatic nitrogens is 2. The average molecular weight is 310 g/mol. The van der Waals surface area contributed by atoms with Gasteiger partial charge in [0.1, 0.15) is 5.82 Å². The maximum absolute atomic E-state index is 11.5. The summed E-state index contributed by atoms with van der Waals surface area (Å²) in [5, 5.41) is 11.5. The smallest absolute Gasteiger partial charge is 0.372 e. The molecule has 0 spiro atoms. The van der Waals surface area contributed by atoms with E-state index in [0.717, 1.165) is 38.8 Å². The van der Waals surface area contributed by atoms with Crippen LogP contribution in [0.2, 0.25) is 0 Å². The van der Waals surface area contributed by atoms with Gasteiger partial charge in [0, 0.05) is 13.1 Å². The normalized spacial score (nSPS) is 10.5. The van der Waals surface area contributed by atoms with Gasteiger partial charge in [-0.05, 0) is 26.7 Å². The van der Waals surface area contributed by atoms with E-state index in [-0.39, 0.29) is 11.6 Å². The molecule has 0 saturated carbocycles. The van der Waals surface area contributed by atoms with Crippen LogP contribution in [0.3, 0.4) is 0 Å². The molecule has 7 nitrogen and oxygen atoms in total. The van der Waals surface area contributed by atoms with E-state index in [9.17, 15) is 10.1 Å². The first-order chi connectivity index (χ1) is 10.5. The Morgan fingerprint density at radius 3 is 2.18 bits per heavy atom. The Kier molecular flexibility index (Phi) is 7.56. The van der Waals surface area contributed by atoms with Crippen LogP contribution >= 0.6 is 0 Å². The van der Waals surface area contributed by atoms with Crippen molar-refractivity contribution in [2.24, 2.45) is 0 Å². The molecule has 0 saturated heterocycles. The van der Waals surface area contributed by atoms with Gasteiger partial charge >= 0.3 is 5.69 Å². The molecule has 1 aromatic heterocycles. The number of hydrogen-bond acceptors (Lipinski definition) is 6. The number of aryl methyl sites for hydroxylation is 1. The minimum absolute atomic E-state index is 0.0630. The Bertz CT molecular complexity index is 486. The summed E-state index contributed by atoms with van der Waals surface area (Å²) >= 11 is 0. The first kappa shape index (κ1) is 18.1. The molecule has 0 aliphatic heterocycles. The number of anilines is 1. The van der Waals surface area contributed by atoms with E-state index in [4.69, 9.17) is 4.74 Å². The van der Waals surface area contributed by atoms with Crippen LogP contribution in [-0.2, 0) is 0 Å². The molecule has 0 aliphatic rings. The van der Waals surface area contributed by atoms with Gasteiger partial charge in [0.25, 0.3) is 5.88 Å². The van der Waals surface area contributed by atoms with Crippen LogP contribution in [0, 0.1) is 17.0 Å². The zero-order valence-electron chi connectivity index (χ0n) is 14.0. The second-order valence-electron chi connectivity index (χ2n) is 5.13. The summed E-state index contributed by atoms with van der Waals surface area (Å²) in [6.07, 6.45) is 3.99. The molecule has 0 fully saturated rings. The summed E-state index contributed by atoms with van der Waals surface area (Å²) in [4.78, 5) is 21.5. The molecule has 0 atom stereocenters. The molecule has 0 bridgehead atoms. The molecule has 1 heterocycles. The van der Waals surface area contributed by atoms with Crippen molar-refractivity contribution in [2.45, 2.75) is 53.4 Å². The van der Waals surface area contributed by atoms with Crippen molar-refractivity contribution in [3.8, 4) is 5.88 Å². The zero-order valence-corrected chi connectivity index (χ0v) is 14.0. The number of nitrogens with zero attached hydrogens (tertiary/aromatic N) is 4. The molecule has 22 heavy (non-hydrogen) atoms. The lowest BCUT2D eigenvalue weighted by atomic mass is 10.2. The molecule has 7 heteroatoms. The lowest BCUT2D eigenvalue weighted by Crippen LogP contribution is -2.28. The average Bonchev–Trinajstić information content (AvgIpc) is 2.46. The van der Waals surface area contributed by atoms with Crippen LogP contribution in [0.4, 0.5) is 11.5 Å². The fraction of sp³-hybridized carbons (Fsp3) is 0.733. The van der Waals surface area contributed by atoms with Crippen molar-refractivity contribution in [2.75, 3.05) is 24.6 Å². The highest BCUT2D eigenvalue weighted by molar-refractivity contribution is 5.63. The number of unbranched alkanes of at least 4 members (excludes halogenated alkanes) is 2. The lowest BCUT2D eigenvalue weighted by molar-refractivity contribution is -0.385. The highest BCUT2D eigenvalue weighted by atomic mass is 16.6. The van der Waals surface area contributed by atoms with Gasteiger partial charge < -0.3 is 9.64 Å². The standard InChI is InChI=1S/C15H26N4O3/c1-5-8-10-18(11-9-6-2)14-13(19(20)21)15(22-7-3)17-12(4)16-14/h5-11H2,1-4H3. The summed E-state index contributed by atoms with van der Waals surface area (Å²) < 4.78 is 5.36. The highest BCUT2D eigenvalue weighted by Gasteiger charge is 2.28. The topological polar surface area (TPSA) is 81.4 Å². The van der Waals surface area contributed by atoms with E-state index in [1.165, 1.54) is 0 Å². The van der Waals surface area contributed by atoms with Crippen molar-refractivity contribution in [1.29, 1.82) is 0 Å². The SMILES string of the molecule is CCCCN(CCCC)c1nc(C)nc(OCC)c1[N+](=O)[O-]. The molecular weight excluding hydrogens is 284 g/mol. The number of nitro groups is 1. The molecule has 124 valence electrons. The van der Waals surface area contributed by atoms with Crippen LogP contribution < -0.4 is 9.64 Å². The van der Waals surface area contributed by atoms with E-state index in [0.29, 0.717) is 18.2 Å². The summed E-state index contributed by atoms with van der Waals surface area (Å²) in [6, 6.07) is 0. The Labute approximate surface area is 131 Å². The molecule has 1 rings (SSSR count). The second kappa shape index (κ2) is 9.17. The predicted molar refractivity (Wildman–Crippen MR) is 86.6 cm³/mol. The van der Waals surface area contributed by atoms with E-state index in [1.807, 2.05) is 4.90 Å². The van der Waals surface area contributed by atoms with Gasteiger partial charge in [-0.3, -0.25) is 10.1 Å². The summed E-state index contributed by atoms with van der Waals surface area (Å²) in [5.74, 6) is 0.929. The number of hydrogen-bond donors (Lipinski definition) is 0. The largest absolute Gasteiger partial charge is 0.473 e. The third-order valence-electron chi connectivity index (χ3n) is 3.27. The molecule has 0 unspecified atom stereocenters. The first-order valence-electron chi connectivity index (χ1n) is 7.95. The van der Waals surface area contributed by atoms with Crippen LogP contribution in [0.1, 0.15) is 52.3 Å². The highest BCUT2D eigenvalue weighted by Crippen LogP contribution is 2.34. The fourth-order valence-corrected chi connectivity index (χ4v) is 2.17. The Balaban J connectivity index is 3.28. The van der Waals surface area contributed by atoms with Crippen LogP contribution in [-0.4, -0.2) is 34.6 Å². The summed E-state index contributed by atoms with van der Waals surface area (Å²) in [7, 11) is 0. The molecule has 0 aromatic carbocycles. The van der Waals surface area contributed by atoms with Gasteiger partial charge in [-0.1, -0.05) is 26.7 Å². The molecule has 0 amide bonds. The molecule has 0 radical (unpaired) electrons. The van der Waals surface area contributed by atoms with Gasteiger partial charge in [-0.15, -0.1) is 0 Å². The Morgan fingerprint density at radius 1 is 1.14 bits per heavy atom. The molecule has 1 aromatic rings. The van der Waals surface area contributed by atoms with Gasteiger partial charge in [-0.2, -0.15) is 4.98 Å². The van der Waals surface area contributed by atoms with E-state index in [2.05, 4.69) is 23.8 Å². The van der Waals surface area contributed by atoms with Crippen molar-refractivity contribution in [3.05, 3.63) is 15.9 Å². The van der Waals surface area contributed by atoms with Crippen molar-refractivity contribution in [1.82, 2.24) is 9.97 Å². The fourth-order valence-electron chi connectivity index (χ4n) is 2.17. The maximum Gasteiger partial charge on any atom is 0.372 e. The Morgan fingerprint density at radius 2 is 1.73 bits per heavy atom. The van der Waals surface area contributed by atoms with Crippen LogP contribution in [0.25, 0.3) is 0 Å². The predicted octanol–water partition coefficient (Wildman–Crippen LogP) is 3.50. The van der Waals surface area contributed by atoms with E-state index in [1.54, 1.807) is 13.8 Å². The summed E-state index contributed by atoms with van der Waals surface area (Å²) in [6.45, 7) is 9.55. The Hall–Kier alpha value is -1.92. The van der Waals surface area contributed by atoms with Gasteiger partial charge in [0.2, 0.25) is 5.82 Å². The minimum Gasteiger partial charge on any atom is -0.473 e. The third-order valence-corrected chi connectivity index (χ3v) is 3.27. The van der Waals surface area contributed by atoms with Crippen molar-refractivity contribution in [3.63, 3.8) is 0 Å². The van der Waals surface area contributed by atoms with Crippen LogP contribution in [0.5, 0.6) is 5.88 Å². The number of ether oxygens (including phenoxy) is 1. The number of rotatable bonds is 10. The van der Waals surface area contributed by atoms with Crippen molar-refractivity contribution >= 4 is 11.5 Å². The molecule has 0 aliphatic carbocycles. The lowest BCUT2D eigenvalue weighted by Gasteiger charge is -2.23. The van der Waals surface area contributed by atoms with Crippen molar-refractivity contribution < 1.29 is 9.66 Å². The van der Waals surface area contributed by atoms with Gasteiger partial charge in [0.15, 0.2) is 0 Å². The summed E-state index contributed by atoms with van der Waals surface area (Å²) in [5.41, 5.74) is -0.125. The minimum atomic E-state index is -0.440. The second-order valence-corrected chi connectivity index (χ2v) is 5.13. The van der Waals surface area contributed by atoms with E-state index < -0.39 is 4.92 Å². The van der Waals surface area contributed by atoms with E-state index >= 15 is 0 Å². The third kappa shape index (κ3) is 4.82. The first-order valence-corrected chi connectivity index (χ1v) is 7.95. The monoisotopic (exact) mass is 310 g/mol. The molecular formula is C15H26N4O3.